The first kappa shape index (κ1) is 15.4. The van der Waals surface area contributed by atoms with Crippen molar-refractivity contribution < 1.29 is 4.74 Å². The molecule has 1 unspecified atom stereocenters. The summed E-state index contributed by atoms with van der Waals surface area (Å²) < 4.78 is 5.53. The summed E-state index contributed by atoms with van der Waals surface area (Å²) in [5.74, 6) is 0. The molecule has 0 saturated carbocycles. The van der Waals surface area contributed by atoms with E-state index in [1.807, 2.05) is 20.8 Å². The molecule has 0 aliphatic carbocycles. The Balaban J connectivity index is 3.46. The SMILES string of the molecule is CCC(C)(N)COCCCCC(C)(C)C#N. The third-order valence-corrected chi connectivity index (χ3v) is 2.88. The number of unbranched alkanes of at least 4 members (excludes halogenated alkanes) is 1. The highest BCUT2D eigenvalue weighted by molar-refractivity contribution is 4.91. The molecule has 0 aromatic rings. The molecule has 0 saturated heterocycles. The van der Waals surface area contributed by atoms with Crippen molar-refractivity contribution in [2.24, 2.45) is 11.1 Å². The number of ether oxygens (including phenoxy) is 1. The average Bonchev–Trinajstić information content (AvgIpc) is 2.23. The molecule has 16 heavy (non-hydrogen) atoms. The van der Waals surface area contributed by atoms with Gasteiger partial charge in [-0.05, 0) is 46.5 Å². The Morgan fingerprint density at radius 3 is 2.38 bits per heavy atom. The van der Waals surface area contributed by atoms with E-state index in [1.165, 1.54) is 0 Å². The fourth-order valence-electron chi connectivity index (χ4n) is 1.23. The number of nitriles is 1. The molecule has 3 heteroatoms. The lowest BCUT2D eigenvalue weighted by Crippen LogP contribution is -2.40. The van der Waals surface area contributed by atoms with Crippen LogP contribution in [0, 0.1) is 16.7 Å². The van der Waals surface area contributed by atoms with E-state index < -0.39 is 0 Å². The third-order valence-electron chi connectivity index (χ3n) is 2.88. The van der Waals surface area contributed by atoms with Gasteiger partial charge in [0.05, 0.1) is 18.1 Å². The van der Waals surface area contributed by atoms with Crippen molar-refractivity contribution >= 4 is 0 Å². The number of nitrogens with two attached hydrogens (primary N) is 1. The third kappa shape index (κ3) is 7.67. The van der Waals surface area contributed by atoms with Gasteiger partial charge in [-0.15, -0.1) is 0 Å². The Hall–Kier alpha value is -0.590. The molecular weight excluding hydrogens is 200 g/mol. The smallest absolute Gasteiger partial charge is 0.0683 e. The topological polar surface area (TPSA) is 59.0 Å². The first-order chi connectivity index (χ1) is 7.33. The van der Waals surface area contributed by atoms with Crippen LogP contribution >= 0.6 is 0 Å². The van der Waals surface area contributed by atoms with E-state index >= 15 is 0 Å². The number of hydrogen-bond acceptors (Lipinski definition) is 3. The van der Waals surface area contributed by atoms with E-state index in [9.17, 15) is 0 Å². The van der Waals surface area contributed by atoms with Gasteiger partial charge in [0.15, 0.2) is 0 Å². The van der Waals surface area contributed by atoms with E-state index in [0.717, 1.165) is 32.3 Å². The number of nitrogens with zero attached hydrogens (tertiary/aromatic N) is 1. The van der Waals surface area contributed by atoms with Gasteiger partial charge in [-0.1, -0.05) is 6.92 Å². The van der Waals surface area contributed by atoms with Gasteiger partial charge in [0.1, 0.15) is 0 Å². The van der Waals surface area contributed by atoms with Crippen LogP contribution in [0.3, 0.4) is 0 Å². The van der Waals surface area contributed by atoms with Crippen LogP contribution in [0.15, 0.2) is 0 Å². The molecule has 3 nitrogen and oxygen atoms in total. The highest BCUT2D eigenvalue weighted by atomic mass is 16.5. The molecule has 0 spiro atoms. The lowest BCUT2D eigenvalue weighted by atomic mass is 9.89. The minimum atomic E-state index is -0.203. The molecular formula is C13H26N2O. The molecule has 0 heterocycles. The normalized spacial score (nSPS) is 15.5. The van der Waals surface area contributed by atoms with Crippen molar-refractivity contribution in [1.82, 2.24) is 0 Å². The van der Waals surface area contributed by atoms with Gasteiger partial charge in [-0.2, -0.15) is 5.26 Å². The Morgan fingerprint density at radius 1 is 1.25 bits per heavy atom. The van der Waals surface area contributed by atoms with Gasteiger partial charge in [0.2, 0.25) is 0 Å². The van der Waals surface area contributed by atoms with Crippen LogP contribution in [0.4, 0.5) is 0 Å². The molecule has 0 radical (unpaired) electrons. The zero-order valence-corrected chi connectivity index (χ0v) is 11.2. The van der Waals surface area contributed by atoms with Crippen molar-refractivity contribution in [2.75, 3.05) is 13.2 Å². The highest BCUT2D eigenvalue weighted by Gasteiger charge is 2.16. The first-order valence-electron chi connectivity index (χ1n) is 6.11. The standard InChI is InChI=1S/C13H26N2O/c1-5-13(4,15)11-16-9-7-6-8-12(2,3)10-14/h5-9,11,15H2,1-4H3. The summed E-state index contributed by atoms with van der Waals surface area (Å²) in [6.07, 6.45) is 3.90. The summed E-state index contributed by atoms with van der Waals surface area (Å²) >= 11 is 0. The molecule has 0 aliphatic heterocycles. The molecule has 0 aromatic carbocycles. The average molecular weight is 226 g/mol. The molecule has 2 N–H and O–H groups in total. The zero-order chi connectivity index (χ0) is 12.7. The van der Waals surface area contributed by atoms with Crippen LogP contribution in [-0.2, 0) is 4.74 Å². The molecule has 0 aliphatic rings. The molecule has 0 aromatic heterocycles. The molecule has 1 atom stereocenters. The van der Waals surface area contributed by atoms with Crippen LogP contribution in [0.5, 0.6) is 0 Å². The minimum absolute atomic E-state index is 0.202. The molecule has 0 fully saturated rings. The zero-order valence-electron chi connectivity index (χ0n) is 11.2. The van der Waals surface area contributed by atoms with Crippen LogP contribution in [0.2, 0.25) is 0 Å². The fraction of sp³-hybridized carbons (Fsp3) is 0.923. The van der Waals surface area contributed by atoms with Gasteiger partial charge in [0.25, 0.3) is 0 Å². The maximum absolute atomic E-state index is 8.84. The van der Waals surface area contributed by atoms with E-state index in [1.54, 1.807) is 0 Å². The second kappa shape index (κ2) is 6.88. The highest BCUT2D eigenvalue weighted by Crippen LogP contribution is 2.21. The van der Waals surface area contributed by atoms with E-state index in [2.05, 4.69) is 13.0 Å². The van der Waals surface area contributed by atoms with Crippen LogP contribution in [0.1, 0.15) is 53.4 Å². The predicted molar refractivity (Wildman–Crippen MR) is 66.9 cm³/mol. The van der Waals surface area contributed by atoms with Gasteiger partial charge < -0.3 is 10.5 Å². The van der Waals surface area contributed by atoms with E-state index in [4.69, 9.17) is 15.7 Å². The van der Waals surface area contributed by atoms with Crippen LogP contribution in [0.25, 0.3) is 0 Å². The predicted octanol–water partition coefficient (Wildman–Crippen LogP) is 2.85. The Kier molecular flexibility index (Phi) is 6.62. The Bertz CT molecular complexity index is 229. The second-order valence-electron chi connectivity index (χ2n) is 5.51. The fourth-order valence-corrected chi connectivity index (χ4v) is 1.23. The molecule has 0 amide bonds. The minimum Gasteiger partial charge on any atom is -0.380 e. The lowest BCUT2D eigenvalue weighted by molar-refractivity contribution is 0.0856. The number of hydrogen-bond donors (Lipinski definition) is 1. The monoisotopic (exact) mass is 226 g/mol. The molecule has 0 rings (SSSR count). The first-order valence-corrected chi connectivity index (χ1v) is 6.11. The summed E-state index contributed by atoms with van der Waals surface area (Å²) in [6, 6.07) is 2.30. The molecule has 94 valence electrons. The second-order valence-corrected chi connectivity index (χ2v) is 5.51. The van der Waals surface area contributed by atoms with E-state index in [-0.39, 0.29) is 11.0 Å². The summed E-state index contributed by atoms with van der Waals surface area (Å²) in [4.78, 5) is 0. The van der Waals surface area contributed by atoms with Crippen molar-refractivity contribution in [1.29, 1.82) is 5.26 Å². The Labute approximate surface area is 100.0 Å². The number of rotatable bonds is 8. The lowest BCUT2D eigenvalue weighted by Gasteiger charge is -2.22. The van der Waals surface area contributed by atoms with Gasteiger partial charge in [0, 0.05) is 12.1 Å². The quantitative estimate of drug-likeness (QED) is 0.647. The van der Waals surface area contributed by atoms with Crippen molar-refractivity contribution in [3.05, 3.63) is 0 Å². The largest absolute Gasteiger partial charge is 0.380 e. The van der Waals surface area contributed by atoms with Crippen molar-refractivity contribution in [3.63, 3.8) is 0 Å². The Morgan fingerprint density at radius 2 is 1.88 bits per heavy atom. The van der Waals surface area contributed by atoms with Gasteiger partial charge >= 0.3 is 0 Å². The van der Waals surface area contributed by atoms with Gasteiger partial charge in [-0.3, -0.25) is 0 Å². The van der Waals surface area contributed by atoms with Crippen LogP contribution in [-0.4, -0.2) is 18.8 Å². The maximum atomic E-state index is 8.84. The maximum Gasteiger partial charge on any atom is 0.0683 e. The summed E-state index contributed by atoms with van der Waals surface area (Å²) in [6.45, 7) is 9.38. The molecule has 0 bridgehead atoms. The van der Waals surface area contributed by atoms with Crippen molar-refractivity contribution in [2.45, 2.75) is 58.9 Å². The van der Waals surface area contributed by atoms with Crippen molar-refractivity contribution in [3.8, 4) is 6.07 Å². The van der Waals surface area contributed by atoms with Crippen LogP contribution < -0.4 is 5.73 Å². The van der Waals surface area contributed by atoms with Gasteiger partial charge in [-0.25, -0.2) is 0 Å². The summed E-state index contributed by atoms with van der Waals surface area (Å²) in [7, 11) is 0. The summed E-state index contributed by atoms with van der Waals surface area (Å²) in [5, 5.41) is 8.84. The summed E-state index contributed by atoms with van der Waals surface area (Å²) in [5.41, 5.74) is 5.55. The van der Waals surface area contributed by atoms with E-state index in [0.29, 0.717) is 6.61 Å².